The molecule has 0 saturated carbocycles. The molecule has 7 heteroatoms. The number of anilines is 2. The third kappa shape index (κ3) is 3.11. The number of nitrogens with zero attached hydrogens (tertiary/aromatic N) is 2. The Kier molecular flexibility index (Phi) is 3.84. The summed E-state index contributed by atoms with van der Waals surface area (Å²) in [6.45, 7) is 5.89. The highest BCUT2D eigenvalue weighted by molar-refractivity contribution is 7.18. The van der Waals surface area contributed by atoms with Crippen LogP contribution in [0.3, 0.4) is 0 Å². The number of carbonyl (C=O) groups excluding carboxylic acids is 1. The molecular formula is C12H16N4O2S. The van der Waals surface area contributed by atoms with E-state index in [4.69, 9.17) is 10.3 Å². The third-order valence-electron chi connectivity index (χ3n) is 2.49. The van der Waals surface area contributed by atoms with E-state index in [1.807, 2.05) is 13.8 Å². The first-order chi connectivity index (χ1) is 8.97. The van der Waals surface area contributed by atoms with E-state index in [0.29, 0.717) is 28.8 Å². The van der Waals surface area contributed by atoms with Gasteiger partial charge >= 0.3 is 0 Å². The summed E-state index contributed by atoms with van der Waals surface area (Å²) in [7, 11) is 0. The molecule has 0 amide bonds. The van der Waals surface area contributed by atoms with Crippen LogP contribution in [0.5, 0.6) is 0 Å². The third-order valence-corrected chi connectivity index (χ3v) is 3.62. The van der Waals surface area contributed by atoms with Crippen LogP contribution in [0.25, 0.3) is 0 Å². The molecule has 0 bridgehead atoms. The molecule has 0 radical (unpaired) electrons. The molecule has 2 aromatic rings. The Morgan fingerprint density at radius 1 is 1.58 bits per heavy atom. The van der Waals surface area contributed by atoms with Crippen LogP contribution in [0.15, 0.2) is 10.6 Å². The van der Waals surface area contributed by atoms with Gasteiger partial charge in [-0.15, -0.1) is 11.3 Å². The zero-order chi connectivity index (χ0) is 14.0. The van der Waals surface area contributed by atoms with Crippen LogP contribution in [-0.2, 0) is 6.54 Å². The van der Waals surface area contributed by atoms with Gasteiger partial charge in [0.25, 0.3) is 0 Å². The number of aromatic nitrogens is 2. The fourth-order valence-electron chi connectivity index (χ4n) is 1.52. The molecule has 0 unspecified atom stereocenters. The van der Waals surface area contributed by atoms with Crippen molar-refractivity contribution >= 4 is 27.8 Å². The van der Waals surface area contributed by atoms with Crippen molar-refractivity contribution in [2.24, 2.45) is 5.92 Å². The summed E-state index contributed by atoms with van der Waals surface area (Å²) < 4.78 is 4.99. The molecule has 0 atom stereocenters. The largest absolute Gasteiger partial charge is 0.397 e. The number of Topliss-reactive ketones (excluding diaryl/α,β-unsaturated/α-hetero) is 1. The Bertz CT molecular complexity index is 588. The molecule has 0 aliphatic carbocycles. The number of rotatable bonds is 5. The van der Waals surface area contributed by atoms with E-state index in [1.54, 1.807) is 13.0 Å². The summed E-state index contributed by atoms with van der Waals surface area (Å²) in [6, 6.07) is 1.75. The van der Waals surface area contributed by atoms with Crippen LogP contribution in [0, 0.1) is 12.8 Å². The molecule has 2 rings (SSSR count). The number of nitrogens with two attached hydrogens (primary N) is 1. The lowest BCUT2D eigenvalue weighted by molar-refractivity contribution is 0.0944. The average molecular weight is 280 g/mol. The SMILES string of the molecule is Cc1noc(CNc2cc(N)c(C(=O)C(C)C)s2)n1. The first kappa shape index (κ1) is 13.5. The van der Waals surface area contributed by atoms with Gasteiger partial charge in [-0.2, -0.15) is 4.98 Å². The number of nitrogens with one attached hydrogen (secondary N) is 1. The second-order valence-corrected chi connectivity index (χ2v) is 5.56. The van der Waals surface area contributed by atoms with E-state index in [2.05, 4.69) is 15.5 Å². The van der Waals surface area contributed by atoms with Gasteiger partial charge < -0.3 is 15.6 Å². The molecule has 0 aromatic carbocycles. The zero-order valence-corrected chi connectivity index (χ0v) is 11.9. The maximum Gasteiger partial charge on any atom is 0.245 e. The van der Waals surface area contributed by atoms with Gasteiger partial charge in [0, 0.05) is 5.92 Å². The van der Waals surface area contributed by atoms with Gasteiger partial charge in [0.1, 0.15) is 0 Å². The van der Waals surface area contributed by atoms with E-state index in [9.17, 15) is 4.79 Å². The van der Waals surface area contributed by atoms with E-state index >= 15 is 0 Å². The molecule has 102 valence electrons. The highest BCUT2D eigenvalue weighted by atomic mass is 32.1. The van der Waals surface area contributed by atoms with Gasteiger partial charge in [-0.05, 0) is 13.0 Å². The van der Waals surface area contributed by atoms with Crippen LogP contribution < -0.4 is 11.1 Å². The smallest absolute Gasteiger partial charge is 0.245 e. The molecule has 6 nitrogen and oxygen atoms in total. The predicted molar refractivity (Wildman–Crippen MR) is 74.3 cm³/mol. The summed E-state index contributed by atoms with van der Waals surface area (Å²) in [6.07, 6.45) is 0. The molecule has 3 N–H and O–H groups in total. The fourth-order valence-corrected chi connectivity index (χ4v) is 2.58. The van der Waals surface area contributed by atoms with Crippen molar-refractivity contribution < 1.29 is 9.32 Å². The van der Waals surface area contributed by atoms with Crippen LogP contribution >= 0.6 is 11.3 Å². The number of nitrogen functional groups attached to an aromatic ring is 1. The number of hydrogen-bond acceptors (Lipinski definition) is 7. The first-order valence-corrected chi connectivity index (χ1v) is 6.75. The van der Waals surface area contributed by atoms with Crippen molar-refractivity contribution in [2.75, 3.05) is 11.1 Å². The minimum atomic E-state index is -0.0626. The Hall–Kier alpha value is -1.89. The number of carbonyl (C=O) groups is 1. The lowest BCUT2D eigenvalue weighted by atomic mass is 10.1. The van der Waals surface area contributed by atoms with Crippen molar-refractivity contribution in [1.82, 2.24) is 10.1 Å². The highest BCUT2D eigenvalue weighted by Crippen LogP contribution is 2.31. The standard InChI is InChI=1S/C12H16N4O2S/c1-6(2)11(17)12-8(13)4-10(19-12)14-5-9-15-7(3)16-18-9/h4,6,14H,5,13H2,1-3H3. The number of ketones is 1. The maximum atomic E-state index is 11.9. The number of hydrogen-bond donors (Lipinski definition) is 2. The number of thiophene rings is 1. The minimum Gasteiger partial charge on any atom is -0.397 e. The molecule has 0 fully saturated rings. The van der Waals surface area contributed by atoms with Gasteiger partial charge in [-0.25, -0.2) is 0 Å². The monoisotopic (exact) mass is 280 g/mol. The molecular weight excluding hydrogens is 264 g/mol. The van der Waals surface area contributed by atoms with Crippen molar-refractivity contribution in [3.05, 3.63) is 22.7 Å². The number of aryl methyl sites for hydroxylation is 1. The lowest BCUT2D eigenvalue weighted by Crippen LogP contribution is -2.07. The summed E-state index contributed by atoms with van der Waals surface area (Å²) in [5.41, 5.74) is 6.36. The van der Waals surface area contributed by atoms with E-state index in [1.165, 1.54) is 11.3 Å². The molecule has 2 heterocycles. The van der Waals surface area contributed by atoms with Gasteiger partial charge in [-0.3, -0.25) is 4.79 Å². The highest BCUT2D eigenvalue weighted by Gasteiger charge is 2.17. The van der Waals surface area contributed by atoms with Gasteiger partial charge in [0.15, 0.2) is 11.6 Å². The van der Waals surface area contributed by atoms with Crippen LogP contribution in [-0.4, -0.2) is 15.9 Å². The molecule has 0 spiro atoms. The van der Waals surface area contributed by atoms with Crippen LogP contribution in [0.4, 0.5) is 10.7 Å². The molecule has 0 saturated heterocycles. The summed E-state index contributed by atoms with van der Waals surface area (Å²) in [5, 5.41) is 7.64. The predicted octanol–water partition coefficient (Wildman–Crippen LogP) is 2.47. The van der Waals surface area contributed by atoms with Crippen molar-refractivity contribution in [3.8, 4) is 0 Å². The van der Waals surface area contributed by atoms with Gasteiger partial charge in [-0.1, -0.05) is 19.0 Å². The maximum absolute atomic E-state index is 11.9. The summed E-state index contributed by atoms with van der Waals surface area (Å²) in [4.78, 5) is 16.6. The van der Waals surface area contributed by atoms with Crippen LogP contribution in [0.2, 0.25) is 0 Å². The minimum absolute atomic E-state index is 0.0594. The van der Waals surface area contributed by atoms with E-state index < -0.39 is 0 Å². The molecule has 0 aliphatic heterocycles. The van der Waals surface area contributed by atoms with E-state index in [-0.39, 0.29) is 11.7 Å². The van der Waals surface area contributed by atoms with Gasteiger partial charge in [0.2, 0.25) is 5.89 Å². The van der Waals surface area contributed by atoms with Crippen molar-refractivity contribution in [2.45, 2.75) is 27.3 Å². The lowest BCUT2D eigenvalue weighted by Gasteiger charge is -2.01. The Balaban J connectivity index is 2.06. The first-order valence-electron chi connectivity index (χ1n) is 5.94. The normalized spacial score (nSPS) is 10.9. The topological polar surface area (TPSA) is 94.0 Å². The second-order valence-electron chi connectivity index (χ2n) is 4.50. The Morgan fingerprint density at radius 2 is 2.32 bits per heavy atom. The van der Waals surface area contributed by atoms with E-state index in [0.717, 1.165) is 5.00 Å². The summed E-state index contributed by atoms with van der Waals surface area (Å²) in [5.74, 6) is 1.09. The van der Waals surface area contributed by atoms with Crippen LogP contribution in [0.1, 0.15) is 35.2 Å². The summed E-state index contributed by atoms with van der Waals surface area (Å²) >= 11 is 1.35. The fraction of sp³-hybridized carbons (Fsp3) is 0.417. The van der Waals surface area contributed by atoms with Crippen molar-refractivity contribution in [1.29, 1.82) is 0 Å². The quantitative estimate of drug-likeness (QED) is 0.817. The second kappa shape index (κ2) is 5.40. The average Bonchev–Trinajstić information content (AvgIpc) is 2.92. The van der Waals surface area contributed by atoms with Crippen molar-refractivity contribution in [3.63, 3.8) is 0 Å². The molecule has 19 heavy (non-hydrogen) atoms. The Morgan fingerprint density at radius 3 is 2.89 bits per heavy atom. The zero-order valence-electron chi connectivity index (χ0n) is 11.1. The molecule has 0 aliphatic rings. The Labute approximate surface area is 115 Å². The van der Waals surface area contributed by atoms with Gasteiger partial charge in [0.05, 0.1) is 22.1 Å². The molecule has 2 aromatic heterocycles.